The van der Waals surface area contributed by atoms with Gasteiger partial charge in [-0.05, 0) is 30.7 Å². The van der Waals surface area contributed by atoms with Crippen molar-refractivity contribution in [1.82, 2.24) is 0 Å². The van der Waals surface area contributed by atoms with Crippen LogP contribution in [0.25, 0.3) is 6.08 Å². The fourth-order valence-electron chi connectivity index (χ4n) is 1.25. The molecular weight excluding hydrogens is 235 g/mol. The minimum Gasteiger partial charge on any atom is -0.493 e. The number of halogens is 3. The molecule has 0 spiro atoms. The third-order valence-corrected chi connectivity index (χ3v) is 1.81. The first kappa shape index (κ1) is 13.2. The monoisotopic (exact) mass is 247 g/mol. The fourth-order valence-corrected chi connectivity index (χ4v) is 1.25. The maximum atomic E-state index is 12.1. The maximum absolute atomic E-state index is 12.1. The molecule has 1 aromatic rings. The lowest BCUT2D eigenvalue weighted by Crippen LogP contribution is -2.17. The Kier molecular flexibility index (Phi) is 3.88. The summed E-state index contributed by atoms with van der Waals surface area (Å²) in [5, 5.41) is 0. The SMILES string of the molecule is COc1cc(/C=C(/C)N)ccc1OC(F)(F)F. The summed E-state index contributed by atoms with van der Waals surface area (Å²) < 4.78 is 44.8. The number of methoxy groups -OCH3 is 1. The summed E-state index contributed by atoms with van der Waals surface area (Å²) in [5.41, 5.74) is 6.64. The van der Waals surface area contributed by atoms with Crippen LogP contribution in [0.1, 0.15) is 12.5 Å². The Morgan fingerprint density at radius 2 is 1.94 bits per heavy atom. The van der Waals surface area contributed by atoms with E-state index < -0.39 is 6.36 Å². The number of allylic oxidation sites excluding steroid dienone is 1. The minimum atomic E-state index is -4.74. The van der Waals surface area contributed by atoms with E-state index in [0.29, 0.717) is 11.3 Å². The lowest BCUT2D eigenvalue weighted by molar-refractivity contribution is -0.275. The Labute approximate surface area is 96.6 Å². The summed E-state index contributed by atoms with van der Waals surface area (Å²) >= 11 is 0. The van der Waals surface area contributed by atoms with E-state index in [9.17, 15) is 13.2 Å². The fraction of sp³-hybridized carbons (Fsp3) is 0.273. The lowest BCUT2D eigenvalue weighted by Gasteiger charge is -2.12. The Morgan fingerprint density at radius 3 is 2.41 bits per heavy atom. The number of hydrogen-bond acceptors (Lipinski definition) is 3. The number of rotatable bonds is 3. The van der Waals surface area contributed by atoms with Crippen LogP contribution in [0.2, 0.25) is 0 Å². The predicted molar refractivity (Wildman–Crippen MR) is 57.5 cm³/mol. The van der Waals surface area contributed by atoms with Crippen molar-refractivity contribution in [3.8, 4) is 11.5 Å². The second-order valence-corrected chi connectivity index (χ2v) is 3.35. The zero-order chi connectivity index (χ0) is 13.1. The van der Waals surface area contributed by atoms with E-state index in [-0.39, 0.29) is 11.5 Å². The summed E-state index contributed by atoms with van der Waals surface area (Å²) in [4.78, 5) is 0. The molecule has 1 rings (SSSR count). The van der Waals surface area contributed by atoms with Crippen LogP contribution >= 0.6 is 0 Å². The van der Waals surface area contributed by atoms with Crippen molar-refractivity contribution in [1.29, 1.82) is 0 Å². The van der Waals surface area contributed by atoms with Gasteiger partial charge < -0.3 is 15.2 Å². The van der Waals surface area contributed by atoms with Gasteiger partial charge in [-0.1, -0.05) is 6.07 Å². The van der Waals surface area contributed by atoms with Gasteiger partial charge >= 0.3 is 6.36 Å². The molecule has 2 N–H and O–H groups in total. The molecule has 0 bridgehead atoms. The van der Waals surface area contributed by atoms with Gasteiger partial charge in [-0.3, -0.25) is 0 Å². The first-order valence-corrected chi connectivity index (χ1v) is 4.69. The molecule has 94 valence electrons. The first-order valence-electron chi connectivity index (χ1n) is 4.69. The van der Waals surface area contributed by atoms with Crippen LogP contribution in [0.5, 0.6) is 11.5 Å². The molecule has 0 aliphatic carbocycles. The van der Waals surface area contributed by atoms with Crippen molar-refractivity contribution in [2.75, 3.05) is 7.11 Å². The predicted octanol–water partition coefficient (Wildman–Crippen LogP) is 2.91. The van der Waals surface area contributed by atoms with E-state index in [1.165, 1.54) is 25.3 Å². The molecule has 17 heavy (non-hydrogen) atoms. The van der Waals surface area contributed by atoms with Gasteiger partial charge in [0, 0.05) is 5.70 Å². The molecule has 0 heterocycles. The second kappa shape index (κ2) is 4.99. The van der Waals surface area contributed by atoms with E-state index in [4.69, 9.17) is 10.5 Å². The highest BCUT2D eigenvalue weighted by Crippen LogP contribution is 2.33. The van der Waals surface area contributed by atoms with Crippen molar-refractivity contribution in [3.63, 3.8) is 0 Å². The third kappa shape index (κ3) is 4.26. The van der Waals surface area contributed by atoms with E-state index >= 15 is 0 Å². The van der Waals surface area contributed by atoms with Crippen LogP contribution in [0.15, 0.2) is 23.9 Å². The Hall–Kier alpha value is -1.85. The largest absolute Gasteiger partial charge is 0.573 e. The van der Waals surface area contributed by atoms with Crippen LogP contribution in [-0.2, 0) is 0 Å². The van der Waals surface area contributed by atoms with E-state index in [2.05, 4.69) is 4.74 Å². The summed E-state index contributed by atoms with van der Waals surface area (Å²) in [6, 6.07) is 4.05. The smallest absolute Gasteiger partial charge is 0.493 e. The molecule has 3 nitrogen and oxygen atoms in total. The summed E-state index contributed by atoms with van der Waals surface area (Å²) in [5.74, 6) is -0.385. The van der Waals surface area contributed by atoms with Crippen LogP contribution in [0.3, 0.4) is 0 Å². The summed E-state index contributed by atoms with van der Waals surface area (Å²) in [7, 11) is 1.27. The number of ether oxygens (including phenoxy) is 2. The highest BCUT2D eigenvalue weighted by molar-refractivity contribution is 5.57. The molecule has 1 aromatic carbocycles. The molecule has 0 aliphatic rings. The van der Waals surface area contributed by atoms with Gasteiger partial charge in [-0.2, -0.15) is 0 Å². The van der Waals surface area contributed by atoms with Crippen LogP contribution < -0.4 is 15.2 Å². The number of hydrogen-bond donors (Lipinski definition) is 1. The minimum absolute atomic E-state index is 0.00248. The van der Waals surface area contributed by atoms with Crippen molar-refractivity contribution in [2.24, 2.45) is 5.73 Å². The zero-order valence-electron chi connectivity index (χ0n) is 9.34. The van der Waals surface area contributed by atoms with Gasteiger partial charge in [0.1, 0.15) is 0 Å². The molecule has 6 heteroatoms. The Bertz CT molecular complexity index is 423. The molecule has 0 saturated heterocycles. The number of alkyl halides is 3. The topological polar surface area (TPSA) is 44.5 Å². The number of benzene rings is 1. The molecule has 0 aliphatic heterocycles. The van der Waals surface area contributed by atoms with Crippen LogP contribution in [0, 0.1) is 0 Å². The van der Waals surface area contributed by atoms with Crippen LogP contribution in [0.4, 0.5) is 13.2 Å². The molecule has 0 fully saturated rings. The quantitative estimate of drug-likeness (QED) is 0.893. The summed E-state index contributed by atoms with van der Waals surface area (Å²) in [6.45, 7) is 1.67. The number of nitrogens with two attached hydrogens (primary N) is 1. The molecule has 0 unspecified atom stereocenters. The molecule has 0 saturated carbocycles. The highest BCUT2D eigenvalue weighted by Gasteiger charge is 2.32. The maximum Gasteiger partial charge on any atom is 0.573 e. The van der Waals surface area contributed by atoms with Crippen LogP contribution in [-0.4, -0.2) is 13.5 Å². The average molecular weight is 247 g/mol. The van der Waals surface area contributed by atoms with E-state index in [0.717, 1.165) is 0 Å². The normalized spacial score (nSPS) is 12.4. The molecular formula is C11H12F3NO2. The van der Waals surface area contributed by atoms with Crippen molar-refractivity contribution >= 4 is 6.08 Å². The van der Waals surface area contributed by atoms with Crippen molar-refractivity contribution in [3.05, 3.63) is 29.5 Å². The van der Waals surface area contributed by atoms with E-state index in [1.807, 2.05) is 0 Å². The molecule has 0 atom stereocenters. The second-order valence-electron chi connectivity index (χ2n) is 3.35. The Balaban J connectivity index is 3.06. The Morgan fingerprint density at radius 1 is 1.29 bits per heavy atom. The van der Waals surface area contributed by atoms with Gasteiger partial charge in [-0.25, -0.2) is 0 Å². The van der Waals surface area contributed by atoms with Gasteiger partial charge in [0.15, 0.2) is 11.5 Å². The average Bonchev–Trinajstić information content (AvgIpc) is 2.17. The third-order valence-electron chi connectivity index (χ3n) is 1.81. The first-order chi connectivity index (χ1) is 7.81. The van der Waals surface area contributed by atoms with Crippen molar-refractivity contribution in [2.45, 2.75) is 13.3 Å². The molecule has 0 amide bonds. The van der Waals surface area contributed by atoms with Gasteiger partial charge in [0.25, 0.3) is 0 Å². The standard InChI is InChI=1S/C11H12F3NO2/c1-7(15)5-8-3-4-9(10(6-8)16-2)17-11(12,13)14/h3-6H,15H2,1-2H3/b7-5-. The lowest BCUT2D eigenvalue weighted by atomic mass is 10.2. The molecule has 0 aromatic heterocycles. The van der Waals surface area contributed by atoms with Gasteiger partial charge in [0.2, 0.25) is 0 Å². The molecule has 0 radical (unpaired) electrons. The summed E-state index contributed by atoms with van der Waals surface area (Å²) in [6.07, 6.45) is -3.13. The van der Waals surface area contributed by atoms with Gasteiger partial charge in [0.05, 0.1) is 7.11 Å². The van der Waals surface area contributed by atoms with Crippen molar-refractivity contribution < 1.29 is 22.6 Å². The van der Waals surface area contributed by atoms with E-state index in [1.54, 1.807) is 13.0 Å². The highest BCUT2D eigenvalue weighted by atomic mass is 19.4. The van der Waals surface area contributed by atoms with Gasteiger partial charge in [-0.15, -0.1) is 13.2 Å². The zero-order valence-corrected chi connectivity index (χ0v) is 9.34.